The second-order valence-electron chi connectivity index (χ2n) is 6.18. The van der Waals surface area contributed by atoms with Crippen molar-refractivity contribution in [1.29, 1.82) is 0 Å². The molecule has 3 atom stereocenters. The van der Waals surface area contributed by atoms with Crippen LogP contribution in [0.15, 0.2) is 12.2 Å². The van der Waals surface area contributed by atoms with Gasteiger partial charge in [0.15, 0.2) is 0 Å². The molecule has 0 aromatic heterocycles. The van der Waals surface area contributed by atoms with E-state index in [1.165, 1.54) is 0 Å². The Bertz CT molecular complexity index is 317. The van der Waals surface area contributed by atoms with E-state index in [1.807, 2.05) is 19.1 Å². The van der Waals surface area contributed by atoms with Crippen molar-refractivity contribution >= 4 is 5.97 Å². The van der Waals surface area contributed by atoms with Crippen molar-refractivity contribution in [2.45, 2.75) is 95.9 Å². The predicted octanol–water partition coefficient (Wildman–Crippen LogP) is 3.02. The number of allylic oxidation sites excluding steroid dienone is 1. The Hall–Kier alpha value is -0.910. The van der Waals surface area contributed by atoms with Crippen molar-refractivity contribution in [3.8, 4) is 0 Å². The zero-order valence-corrected chi connectivity index (χ0v) is 14.4. The lowest BCUT2D eigenvalue weighted by molar-refractivity contribution is -0.137. The molecule has 0 aliphatic carbocycles. The Morgan fingerprint density at radius 3 is 2.17 bits per heavy atom. The molecule has 0 radical (unpaired) electrons. The van der Waals surface area contributed by atoms with Gasteiger partial charge in [0.2, 0.25) is 0 Å². The Morgan fingerprint density at radius 2 is 1.52 bits per heavy atom. The van der Waals surface area contributed by atoms with E-state index in [4.69, 9.17) is 5.11 Å². The van der Waals surface area contributed by atoms with Crippen LogP contribution in [0.1, 0.15) is 77.6 Å². The van der Waals surface area contributed by atoms with Crippen LogP contribution in [0.4, 0.5) is 0 Å². The number of carboxylic acids is 1. The third-order valence-corrected chi connectivity index (χ3v) is 3.95. The minimum atomic E-state index is -0.790. The van der Waals surface area contributed by atoms with E-state index >= 15 is 0 Å². The molecule has 0 bridgehead atoms. The fraction of sp³-hybridized carbons (Fsp3) is 0.833. The van der Waals surface area contributed by atoms with E-state index in [2.05, 4.69) is 0 Å². The van der Waals surface area contributed by atoms with Crippen LogP contribution >= 0.6 is 0 Å². The van der Waals surface area contributed by atoms with Crippen molar-refractivity contribution in [3.63, 3.8) is 0 Å². The van der Waals surface area contributed by atoms with E-state index in [9.17, 15) is 20.1 Å². The summed E-state index contributed by atoms with van der Waals surface area (Å²) in [5, 5.41) is 38.0. The lowest BCUT2D eigenvalue weighted by Gasteiger charge is -2.18. The molecule has 136 valence electrons. The topological polar surface area (TPSA) is 98.0 Å². The van der Waals surface area contributed by atoms with Gasteiger partial charge in [-0.25, -0.2) is 0 Å². The number of aliphatic carboxylic acids is 1. The van der Waals surface area contributed by atoms with Gasteiger partial charge in [-0.2, -0.15) is 0 Å². The van der Waals surface area contributed by atoms with Gasteiger partial charge >= 0.3 is 5.97 Å². The van der Waals surface area contributed by atoms with Crippen LogP contribution < -0.4 is 0 Å². The second-order valence-corrected chi connectivity index (χ2v) is 6.18. The predicted molar refractivity (Wildman–Crippen MR) is 91.3 cm³/mol. The Balaban J connectivity index is 3.56. The number of aliphatic hydroxyl groups excluding tert-OH is 3. The van der Waals surface area contributed by atoms with Crippen LogP contribution in [-0.4, -0.2) is 44.7 Å². The summed E-state index contributed by atoms with van der Waals surface area (Å²) in [6, 6.07) is 0. The van der Waals surface area contributed by atoms with Crippen LogP contribution in [0.2, 0.25) is 0 Å². The summed E-state index contributed by atoms with van der Waals surface area (Å²) in [6.45, 7) is 2.02. The molecular formula is C18H34O5. The number of aliphatic hydroxyl groups is 3. The van der Waals surface area contributed by atoms with Gasteiger partial charge in [-0.1, -0.05) is 44.8 Å². The maximum atomic E-state index is 10.4. The summed E-state index contributed by atoms with van der Waals surface area (Å²) in [5.74, 6) is -0.744. The van der Waals surface area contributed by atoms with Crippen molar-refractivity contribution in [2.24, 2.45) is 0 Å². The molecule has 0 saturated carbocycles. The van der Waals surface area contributed by atoms with E-state index < -0.39 is 24.3 Å². The normalized spacial score (nSPS) is 15.7. The molecule has 3 unspecified atom stereocenters. The third kappa shape index (κ3) is 14.4. The molecule has 0 aliphatic heterocycles. The molecule has 4 N–H and O–H groups in total. The average molecular weight is 330 g/mol. The van der Waals surface area contributed by atoms with E-state index in [1.54, 1.807) is 0 Å². The van der Waals surface area contributed by atoms with Gasteiger partial charge in [-0.3, -0.25) is 4.79 Å². The molecule has 23 heavy (non-hydrogen) atoms. The summed E-state index contributed by atoms with van der Waals surface area (Å²) in [5.41, 5.74) is 0. The monoisotopic (exact) mass is 330 g/mol. The maximum absolute atomic E-state index is 10.4. The van der Waals surface area contributed by atoms with Gasteiger partial charge in [-0.05, 0) is 38.5 Å². The molecule has 0 saturated heterocycles. The number of unbranched alkanes of at least 4 members (excludes halogenated alkanes) is 4. The summed E-state index contributed by atoms with van der Waals surface area (Å²) < 4.78 is 0. The van der Waals surface area contributed by atoms with Gasteiger partial charge in [0.25, 0.3) is 0 Å². The number of hydrogen-bond acceptors (Lipinski definition) is 4. The molecule has 0 amide bonds. The van der Waals surface area contributed by atoms with Gasteiger partial charge in [0.1, 0.15) is 0 Å². The van der Waals surface area contributed by atoms with Crippen LogP contribution in [-0.2, 0) is 4.79 Å². The lowest BCUT2D eigenvalue weighted by atomic mass is 10.00. The van der Waals surface area contributed by atoms with Gasteiger partial charge in [0.05, 0.1) is 18.3 Å². The van der Waals surface area contributed by atoms with E-state index in [0.717, 1.165) is 32.1 Å². The first-order chi connectivity index (χ1) is 11.0. The van der Waals surface area contributed by atoms with Crippen LogP contribution in [0.3, 0.4) is 0 Å². The van der Waals surface area contributed by atoms with Crippen LogP contribution in [0.25, 0.3) is 0 Å². The first-order valence-electron chi connectivity index (χ1n) is 8.88. The maximum Gasteiger partial charge on any atom is 0.303 e. The largest absolute Gasteiger partial charge is 0.481 e. The smallest absolute Gasteiger partial charge is 0.303 e. The van der Waals surface area contributed by atoms with Crippen molar-refractivity contribution in [1.82, 2.24) is 0 Å². The Labute approximate surface area is 140 Å². The fourth-order valence-corrected chi connectivity index (χ4v) is 2.45. The lowest BCUT2D eigenvalue weighted by Crippen LogP contribution is -2.26. The molecule has 0 aromatic carbocycles. The van der Waals surface area contributed by atoms with Crippen molar-refractivity contribution in [3.05, 3.63) is 12.2 Å². The molecule has 0 aromatic rings. The molecule has 0 spiro atoms. The molecule has 0 fully saturated rings. The van der Waals surface area contributed by atoms with Gasteiger partial charge in [0, 0.05) is 6.42 Å². The molecular weight excluding hydrogens is 296 g/mol. The summed E-state index contributed by atoms with van der Waals surface area (Å²) in [6.07, 6.45) is 9.54. The summed E-state index contributed by atoms with van der Waals surface area (Å²) in [4.78, 5) is 10.4. The standard InChI is InChI=1S/C18H34O5/c1-2-3-7-11-16(20)17(21)14-13-15(19)10-8-5-4-6-9-12-18(22)23/h3,7,15-17,19-21H,2,4-6,8-14H2,1H3,(H,22,23)/b7-3-. The second kappa shape index (κ2) is 14.7. The van der Waals surface area contributed by atoms with Crippen molar-refractivity contribution in [2.75, 3.05) is 0 Å². The number of carbonyl (C=O) groups is 1. The van der Waals surface area contributed by atoms with Crippen molar-refractivity contribution < 1.29 is 25.2 Å². The molecule has 0 heterocycles. The zero-order valence-electron chi connectivity index (χ0n) is 14.4. The van der Waals surface area contributed by atoms with Gasteiger partial charge < -0.3 is 20.4 Å². The zero-order chi connectivity index (χ0) is 17.5. The minimum absolute atomic E-state index is 0.232. The average Bonchev–Trinajstić information content (AvgIpc) is 2.51. The minimum Gasteiger partial charge on any atom is -0.481 e. The molecule has 5 heteroatoms. The highest BCUT2D eigenvalue weighted by atomic mass is 16.4. The molecule has 0 aliphatic rings. The third-order valence-electron chi connectivity index (χ3n) is 3.95. The Kier molecular flexibility index (Phi) is 14.1. The van der Waals surface area contributed by atoms with Crippen LogP contribution in [0, 0.1) is 0 Å². The van der Waals surface area contributed by atoms with E-state index in [0.29, 0.717) is 32.1 Å². The fourth-order valence-electron chi connectivity index (χ4n) is 2.45. The number of carboxylic acid groups (broad SMARTS) is 1. The highest BCUT2D eigenvalue weighted by Gasteiger charge is 2.16. The summed E-state index contributed by atoms with van der Waals surface area (Å²) in [7, 11) is 0. The first kappa shape index (κ1) is 22.1. The highest BCUT2D eigenvalue weighted by Crippen LogP contribution is 2.14. The number of hydrogen-bond donors (Lipinski definition) is 4. The highest BCUT2D eigenvalue weighted by molar-refractivity contribution is 5.66. The van der Waals surface area contributed by atoms with Crippen LogP contribution in [0.5, 0.6) is 0 Å². The summed E-state index contributed by atoms with van der Waals surface area (Å²) >= 11 is 0. The quantitative estimate of drug-likeness (QED) is 0.273. The molecule has 5 nitrogen and oxygen atoms in total. The molecule has 0 rings (SSSR count). The van der Waals surface area contributed by atoms with E-state index in [-0.39, 0.29) is 6.42 Å². The SMILES string of the molecule is CC/C=C\CC(O)C(O)CCC(O)CCCCCCCC(=O)O. The van der Waals surface area contributed by atoms with Gasteiger partial charge in [-0.15, -0.1) is 0 Å². The Morgan fingerprint density at radius 1 is 0.870 bits per heavy atom. The first-order valence-corrected chi connectivity index (χ1v) is 8.88. The number of rotatable bonds is 15.